The van der Waals surface area contributed by atoms with E-state index in [-0.39, 0.29) is 0 Å². The van der Waals surface area contributed by atoms with Crippen LogP contribution in [0.25, 0.3) is 10.1 Å². The van der Waals surface area contributed by atoms with E-state index in [4.69, 9.17) is 11.6 Å². The van der Waals surface area contributed by atoms with Crippen LogP contribution in [0.15, 0.2) is 60.4 Å². The molecule has 112 valence electrons. The maximum Gasteiger partial charge on any atom is 0.0641 e. The molecular formula is C18H17ClN2S. The molecule has 2 heterocycles. The summed E-state index contributed by atoms with van der Waals surface area (Å²) >= 11 is 7.81. The van der Waals surface area contributed by atoms with Crippen LogP contribution in [0.3, 0.4) is 0 Å². The van der Waals surface area contributed by atoms with Crippen LogP contribution in [0.2, 0.25) is 5.02 Å². The van der Waals surface area contributed by atoms with Crippen LogP contribution in [0.1, 0.15) is 13.8 Å². The molecule has 2 aromatic heterocycles. The second-order valence-electron chi connectivity index (χ2n) is 5.42. The van der Waals surface area contributed by atoms with Crippen LogP contribution in [-0.2, 0) is 0 Å². The van der Waals surface area contributed by atoms with Crippen molar-refractivity contribution in [2.45, 2.75) is 13.8 Å². The molecule has 0 amide bonds. The van der Waals surface area contributed by atoms with E-state index in [2.05, 4.69) is 47.5 Å². The minimum absolute atomic E-state index is 0.490. The summed E-state index contributed by atoms with van der Waals surface area (Å²) in [7, 11) is 0. The standard InChI is InChI=1S/C18H17ClN2S/c1-13(2)7-10-21(15-5-8-20-9-6-15)17-12-22-18-11-14(19)3-4-16(17)18/h3-13H,1-2H3. The van der Waals surface area contributed by atoms with Gasteiger partial charge in [0, 0.05) is 44.8 Å². The monoisotopic (exact) mass is 328 g/mol. The largest absolute Gasteiger partial charge is 0.316 e. The van der Waals surface area contributed by atoms with Crippen molar-refractivity contribution in [2.75, 3.05) is 4.90 Å². The third kappa shape index (κ3) is 3.16. The van der Waals surface area contributed by atoms with Gasteiger partial charge in [-0.2, -0.15) is 0 Å². The predicted molar refractivity (Wildman–Crippen MR) is 97.2 cm³/mol. The Bertz CT molecular complexity index is 793. The first-order valence-electron chi connectivity index (χ1n) is 7.19. The first kappa shape index (κ1) is 15.1. The zero-order valence-electron chi connectivity index (χ0n) is 12.5. The van der Waals surface area contributed by atoms with Crippen LogP contribution >= 0.6 is 22.9 Å². The van der Waals surface area contributed by atoms with E-state index < -0.39 is 0 Å². The lowest BCUT2D eigenvalue weighted by Gasteiger charge is -2.20. The summed E-state index contributed by atoms with van der Waals surface area (Å²) < 4.78 is 1.19. The van der Waals surface area contributed by atoms with Gasteiger partial charge in [-0.1, -0.05) is 31.5 Å². The first-order valence-corrected chi connectivity index (χ1v) is 8.45. The fourth-order valence-corrected chi connectivity index (χ4v) is 3.45. The highest BCUT2D eigenvalue weighted by Gasteiger charge is 2.12. The van der Waals surface area contributed by atoms with Crippen molar-refractivity contribution in [3.05, 3.63) is 65.4 Å². The molecular weight excluding hydrogens is 312 g/mol. The van der Waals surface area contributed by atoms with Gasteiger partial charge in [0.25, 0.3) is 0 Å². The van der Waals surface area contributed by atoms with E-state index in [1.165, 1.54) is 15.8 Å². The van der Waals surface area contributed by atoms with Gasteiger partial charge in [-0.3, -0.25) is 4.98 Å². The van der Waals surface area contributed by atoms with Gasteiger partial charge >= 0.3 is 0 Å². The maximum atomic E-state index is 6.10. The molecule has 0 bridgehead atoms. The summed E-state index contributed by atoms with van der Waals surface area (Å²) in [6.45, 7) is 4.35. The Balaban J connectivity index is 2.11. The van der Waals surface area contributed by atoms with E-state index in [0.29, 0.717) is 5.92 Å². The molecule has 1 aromatic carbocycles. The minimum atomic E-state index is 0.490. The van der Waals surface area contributed by atoms with Crippen LogP contribution in [0.5, 0.6) is 0 Å². The summed E-state index contributed by atoms with van der Waals surface area (Å²) in [5.41, 5.74) is 2.27. The summed E-state index contributed by atoms with van der Waals surface area (Å²) in [6, 6.07) is 10.1. The lowest BCUT2D eigenvalue weighted by molar-refractivity contribution is 0.828. The second-order valence-corrected chi connectivity index (χ2v) is 6.77. The number of aromatic nitrogens is 1. The van der Waals surface area contributed by atoms with Gasteiger partial charge in [0.05, 0.1) is 5.69 Å². The number of rotatable bonds is 4. The number of thiophene rings is 1. The lowest BCUT2D eigenvalue weighted by Crippen LogP contribution is -2.08. The molecule has 0 unspecified atom stereocenters. The molecule has 0 aliphatic rings. The first-order chi connectivity index (χ1) is 10.6. The van der Waals surface area contributed by atoms with Crippen LogP contribution < -0.4 is 4.90 Å². The Morgan fingerprint density at radius 3 is 2.68 bits per heavy atom. The smallest absolute Gasteiger partial charge is 0.0641 e. The van der Waals surface area contributed by atoms with Gasteiger partial charge in [0.15, 0.2) is 0 Å². The Morgan fingerprint density at radius 2 is 1.95 bits per heavy atom. The Kier molecular flexibility index (Phi) is 4.46. The van der Waals surface area contributed by atoms with Gasteiger partial charge in [-0.05, 0) is 36.2 Å². The average Bonchev–Trinajstić information content (AvgIpc) is 2.91. The SMILES string of the molecule is CC(C)C=CN(c1ccncc1)c1csc2cc(Cl)ccc12. The molecule has 0 spiro atoms. The van der Waals surface area contributed by atoms with Crippen molar-refractivity contribution >= 4 is 44.4 Å². The molecule has 0 aliphatic carbocycles. The summed E-state index contributed by atoms with van der Waals surface area (Å²) in [6.07, 6.45) is 7.96. The highest BCUT2D eigenvalue weighted by Crippen LogP contribution is 2.38. The fraction of sp³-hybridized carbons (Fsp3) is 0.167. The molecule has 0 radical (unpaired) electrons. The number of allylic oxidation sites excluding steroid dienone is 1. The molecule has 0 N–H and O–H groups in total. The van der Waals surface area contributed by atoms with Gasteiger partial charge < -0.3 is 4.90 Å². The van der Waals surface area contributed by atoms with Crippen LogP contribution in [0, 0.1) is 5.92 Å². The van der Waals surface area contributed by atoms with Crippen LogP contribution in [0.4, 0.5) is 11.4 Å². The minimum Gasteiger partial charge on any atom is -0.316 e. The normalized spacial score (nSPS) is 11.6. The number of hydrogen-bond acceptors (Lipinski definition) is 3. The third-order valence-electron chi connectivity index (χ3n) is 3.34. The van der Waals surface area contributed by atoms with Crippen molar-refractivity contribution < 1.29 is 0 Å². The van der Waals surface area contributed by atoms with E-state index in [1.807, 2.05) is 36.7 Å². The zero-order valence-corrected chi connectivity index (χ0v) is 14.1. The summed E-state index contributed by atoms with van der Waals surface area (Å²) in [5.74, 6) is 0.490. The summed E-state index contributed by atoms with van der Waals surface area (Å²) in [4.78, 5) is 6.32. The molecule has 2 nitrogen and oxygen atoms in total. The highest BCUT2D eigenvalue weighted by molar-refractivity contribution is 7.17. The molecule has 0 aliphatic heterocycles. The van der Waals surface area contributed by atoms with Gasteiger partial charge in [-0.25, -0.2) is 0 Å². The maximum absolute atomic E-state index is 6.10. The molecule has 0 saturated heterocycles. The van der Waals surface area contributed by atoms with Gasteiger partial charge in [0.2, 0.25) is 0 Å². The Hall–Kier alpha value is -1.84. The molecule has 3 aromatic rings. The molecule has 0 saturated carbocycles. The van der Waals surface area contributed by atoms with E-state index in [9.17, 15) is 0 Å². The Morgan fingerprint density at radius 1 is 1.18 bits per heavy atom. The number of benzene rings is 1. The number of halogens is 1. The third-order valence-corrected chi connectivity index (χ3v) is 4.51. The Labute approximate surface area is 139 Å². The molecule has 22 heavy (non-hydrogen) atoms. The van der Waals surface area contributed by atoms with E-state index >= 15 is 0 Å². The van der Waals surface area contributed by atoms with E-state index in [1.54, 1.807) is 11.3 Å². The molecule has 0 atom stereocenters. The number of hydrogen-bond donors (Lipinski definition) is 0. The lowest BCUT2D eigenvalue weighted by atomic mass is 10.2. The number of nitrogens with zero attached hydrogens (tertiary/aromatic N) is 2. The molecule has 3 rings (SSSR count). The predicted octanol–water partition coefficient (Wildman–Crippen LogP) is 6.26. The van der Waals surface area contributed by atoms with Gasteiger partial charge in [-0.15, -0.1) is 11.3 Å². The number of anilines is 2. The van der Waals surface area contributed by atoms with Crippen molar-refractivity contribution in [1.82, 2.24) is 4.98 Å². The zero-order chi connectivity index (χ0) is 15.5. The summed E-state index contributed by atoms with van der Waals surface area (Å²) in [5, 5.41) is 4.15. The average molecular weight is 329 g/mol. The topological polar surface area (TPSA) is 16.1 Å². The van der Waals surface area contributed by atoms with Crippen molar-refractivity contribution in [2.24, 2.45) is 5.92 Å². The fourth-order valence-electron chi connectivity index (χ4n) is 2.24. The number of fused-ring (bicyclic) bond motifs is 1. The van der Waals surface area contributed by atoms with Crippen molar-refractivity contribution in [3.8, 4) is 0 Å². The van der Waals surface area contributed by atoms with Crippen LogP contribution in [-0.4, -0.2) is 4.98 Å². The molecule has 4 heteroatoms. The van der Waals surface area contributed by atoms with Crippen molar-refractivity contribution in [1.29, 1.82) is 0 Å². The van der Waals surface area contributed by atoms with Gasteiger partial charge in [0.1, 0.15) is 0 Å². The van der Waals surface area contributed by atoms with Crippen molar-refractivity contribution in [3.63, 3.8) is 0 Å². The van der Waals surface area contributed by atoms with E-state index in [0.717, 1.165) is 10.7 Å². The quantitative estimate of drug-likeness (QED) is 0.562. The second kappa shape index (κ2) is 6.51. The number of pyridine rings is 1. The highest BCUT2D eigenvalue weighted by atomic mass is 35.5. The molecule has 0 fully saturated rings.